The van der Waals surface area contributed by atoms with Gasteiger partial charge in [0.25, 0.3) is 5.91 Å². The predicted molar refractivity (Wildman–Crippen MR) is 95.5 cm³/mol. The van der Waals surface area contributed by atoms with E-state index >= 15 is 0 Å². The Morgan fingerprint density at radius 1 is 1.04 bits per heavy atom. The third-order valence-corrected chi connectivity index (χ3v) is 3.80. The van der Waals surface area contributed by atoms with Crippen molar-refractivity contribution in [3.8, 4) is 0 Å². The number of amides is 2. The molecule has 0 aliphatic rings. The molecule has 1 atom stereocenters. The molecule has 2 aromatic rings. The van der Waals surface area contributed by atoms with E-state index in [1.807, 2.05) is 13.8 Å². The molecular formula is C19H22FN3O2. The van der Waals surface area contributed by atoms with Crippen LogP contribution in [0.2, 0.25) is 0 Å². The van der Waals surface area contributed by atoms with Gasteiger partial charge < -0.3 is 16.4 Å². The molecule has 6 heteroatoms. The molecule has 0 heterocycles. The molecule has 0 radical (unpaired) electrons. The monoisotopic (exact) mass is 343 g/mol. The van der Waals surface area contributed by atoms with Crippen molar-refractivity contribution in [1.29, 1.82) is 0 Å². The summed E-state index contributed by atoms with van der Waals surface area (Å²) in [5.74, 6) is -0.786. The lowest BCUT2D eigenvalue weighted by Crippen LogP contribution is -2.39. The van der Waals surface area contributed by atoms with Gasteiger partial charge in [-0.3, -0.25) is 9.59 Å². The van der Waals surface area contributed by atoms with E-state index in [1.54, 1.807) is 36.4 Å². The van der Waals surface area contributed by atoms with Gasteiger partial charge in [0, 0.05) is 17.8 Å². The maximum Gasteiger partial charge on any atom is 0.251 e. The average molecular weight is 343 g/mol. The largest absolute Gasteiger partial charge is 0.348 e. The molecule has 0 saturated heterocycles. The first-order valence-corrected chi connectivity index (χ1v) is 8.06. The Balaban J connectivity index is 1.91. The maximum atomic E-state index is 12.8. The summed E-state index contributed by atoms with van der Waals surface area (Å²) in [7, 11) is 0. The van der Waals surface area contributed by atoms with Gasteiger partial charge in [-0.15, -0.1) is 0 Å². The summed E-state index contributed by atoms with van der Waals surface area (Å²) >= 11 is 0. The zero-order valence-electron chi connectivity index (χ0n) is 14.3. The van der Waals surface area contributed by atoms with Crippen LogP contribution in [0.3, 0.4) is 0 Å². The Kier molecular flexibility index (Phi) is 6.25. The summed E-state index contributed by atoms with van der Waals surface area (Å²) in [6, 6.07) is 11.9. The topological polar surface area (TPSA) is 84.2 Å². The standard InChI is InChI=1S/C19H22FN3O2/c1-12(2)17(21)19(25)23-16-9-5-14(6-10-16)18(24)22-11-13-3-7-15(20)8-4-13/h3-10,12,17H,11,21H2,1-2H3,(H,22,24)(H,23,25)/t17-/m0/s1. The van der Waals surface area contributed by atoms with Crippen molar-refractivity contribution in [3.63, 3.8) is 0 Å². The molecule has 132 valence electrons. The predicted octanol–water partition coefficient (Wildman–Crippen LogP) is 2.68. The molecule has 0 aromatic heterocycles. The van der Waals surface area contributed by atoms with E-state index in [2.05, 4.69) is 10.6 Å². The summed E-state index contributed by atoms with van der Waals surface area (Å²) in [6.07, 6.45) is 0. The number of carbonyl (C=O) groups excluding carboxylic acids is 2. The van der Waals surface area contributed by atoms with Crippen LogP contribution >= 0.6 is 0 Å². The van der Waals surface area contributed by atoms with Gasteiger partial charge in [-0.05, 0) is 47.9 Å². The van der Waals surface area contributed by atoms with Crippen LogP contribution in [0, 0.1) is 11.7 Å². The smallest absolute Gasteiger partial charge is 0.251 e. The fourth-order valence-corrected chi connectivity index (χ4v) is 2.12. The summed E-state index contributed by atoms with van der Waals surface area (Å²) in [6.45, 7) is 4.05. The molecule has 2 aromatic carbocycles. The quantitative estimate of drug-likeness (QED) is 0.754. The van der Waals surface area contributed by atoms with E-state index in [-0.39, 0.29) is 23.5 Å². The highest BCUT2D eigenvalue weighted by Crippen LogP contribution is 2.11. The Morgan fingerprint density at radius 3 is 2.20 bits per heavy atom. The first-order chi connectivity index (χ1) is 11.9. The van der Waals surface area contributed by atoms with Crippen LogP contribution in [0.4, 0.5) is 10.1 Å². The van der Waals surface area contributed by atoms with Crippen molar-refractivity contribution < 1.29 is 14.0 Å². The summed E-state index contributed by atoms with van der Waals surface area (Å²) in [5, 5.41) is 5.48. The highest BCUT2D eigenvalue weighted by Gasteiger charge is 2.17. The highest BCUT2D eigenvalue weighted by atomic mass is 19.1. The average Bonchev–Trinajstić information content (AvgIpc) is 2.60. The van der Waals surface area contributed by atoms with Crippen molar-refractivity contribution in [2.75, 3.05) is 5.32 Å². The zero-order valence-corrected chi connectivity index (χ0v) is 14.3. The minimum absolute atomic E-state index is 0.0384. The highest BCUT2D eigenvalue weighted by molar-refractivity contribution is 5.97. The van der Waals surface area contributed by atoms with Crippen LogP contribution in [-0.2, 0) is 11.3 Å². The molecular weight excluding hydrogens is 321 g/mol. The van der Waals surface area contributed by atoms with Gasteiger partial charge in [0.2, 0.25) is 5.91 Å². The van der Waals surface area contributed by atoms with Crippen LogP contribution < -0.4 is 16.4 Å². The molecule has 0 unspecified atom stereocenters. The molecule has 0 fully saturated rings. The molecule has 0 aliphatic carbocycles. The van der Waals surface area contributed by atoms with E-state index in [0.717, 1.165) is 5.56 Å². The van der Waals surface area contributed by atoms with Crippen molar-refractivity contribution in [3.05, 3.63) is 65.5 Å². The van der Waals surface area contributed by atoms with Gasteiger partial charge in [0.1, 0.15) is 5.82 Å². The fraction of sp³-hybridized carbons (Fsp3) is 0.263. The third kappa shape index (κ3) is 5.39. The first-order valence-electron chi connectivity index (χ1n) is 8.06. The second-order valence-corrected chi connectivity index (χ2v) is 6.15. The summed E-state index contributed by atoms with van der Waals surface area (Å²) in [5.41, 5.74) is 7.64. The second-order valence-electron chi connectivity index (χ2n) is 6.15. The number of hydrogen-bond donors (Lipinski definition) is 3. The van der Waals surface area contributed by atoms with Gasteiger partial charge in [0.05, 0.1) is 6.04 Å². The number of halogens is 1. The van der Waals surface area contributed by atoms with Gasteiger partial charge in [-0.25, -0.2) is 4.39 Å². The first kappa shape index (κ1) is 18.6. The normalized spacial score (nSPS) is 11.9. The molecule has 2 rings (SSSR count). The van der Waals surface area contributed by atoms with Gasteiger partial charge in [-0.1, -0.05) is 26.0 Å². The van der Waals surface area contributed by atoms with Gasteiger partial charge in [0.15, 0.2) is 0 Å². The molecule has 2 amide bonds. The number of rotatable bonds is 6. The number of hydrogen-bond acceptors (Lipinski definition) is 3. The molecule has 25 heavy (non-hydrogen) atoms. The molecule has 4 N–H and O–H groups in total. The van der Waals surface area contributed by atoms with Crippen LogP contribution in [0.1, 0.15) is 29.8 Å². The Labute approximate surface area is 146 Å². The van der Waals surface area contributed by atoms with Crippen LogP contribution in [0.25, 0.3) is 0 Å². The van der Waals surface area contributed by atoms with E-state index in [9.17, 15) is 14.0 Å². The van der Waals surface area contributed by atoms with Gasteiger partial charge in [-0.2, -0.15) is 0 Å². The van der Waals surface area contributed by atoms with Crippen molar-refractivity contribution in [2.24, 2.45) is 11.7 Å². The molecule has 5 nitrogen and oxygen atoms in total. The van der Waals surface area contributed by atoms with Crippen LogP contribution in [0.15, 0.2) is 48.5 Å². The molecule has 0 bridgehead atoms. The molecule has 0 spiro atoms. The fourth-order valence-electron chi connectivity index (χ4n) is 2.12. The summed E-state index contributed by atoms with van der Waals surface area (Å²) < 4.78 is 12.8. The van der Waals surface area contributed by atoms with Gasteiger partial charge >= 0.3 is 0 Å². The van der Waals surface area contributed by atoms with E-state index in [1.165, 1.54) is 12.1 Å². The van der Waals surface area contributed by atoms with E-state index in [4.69, 9.17) is 5.73 Å². The number of anilines is 1. The minimum Gasteiger partial charge on any atom is -0.348 e. The Morgan fingerprint density at radius 2 is 1.64 bits per heavy atom. The minimum atomic E-state index is -0.585. The number of benzene rings is 2. The third-order valence-electron chi connectivity index (χ3n) is 3.80. The Bertz CT molecular complexity index is 727. The Hall–Kier alpha value is -2.73. The van der Waals surface area contributed by atoms with Crippen LogP contribution in [-0.4, -0.2) is 17.9 Å². The van der Waals surface area contributed by atoms with Crippen molar-refractivity contribution in [2.45, 2.75) is 26.4 Å². The molecule has 0 saturated carbocycles. The SMILES string of the molecule is CC(C)[C@H](N)C(=O)Nc1ccc(C(=O)NCc2ccc(F)cc2)cc1. The lowest BCUT2D eigenvalue weighted by Gasteiger charge is -2.15. The molecule has 0 aliphatic heterocycles. The lowest BCUT2D eigenvalue weighted by atomic mass is 10.0. The number of carbonyl (C=O) groups is 2. The van der Waals surface area contributed by atoms with E-state index < -0.39 is 6.04 Å². The van der Waals surface area contributed by atoms with Crippen molar-refractivity contribution in [1.82, 2.24) is 5.32 Å². The lowest BCUT2D eigenvalue weighted by molar-refractivity contribution is -0.118. The second kappa shape index (κ2) is 8.39. The summed E-state index contributed by atoms with van der Waals surface area (Å²) in [4.78, 5) is 24.0. The zero-order chi connectivity index (χ0) is 18.4. The van der Waals surface area contributed by atoms with E-state index in [0.29, 0.717) is 17.8 Å². The number of nitrogens with one attached hydrogen (secondary N) is 2. The van der Waals surface area contributed by atoms with Crippen LogP contribution in [0.5, 0.6) is 0 Å². The van der Waals surface area contributed by atoms with Crippen molar-refractivity contribution >= 4 is 17.5 Å². The number of nitrogens with two attached hydrogens (primary N) is 1. The maximum absolute atomic E-state index is 12.8.